The number of allylic oxidation sites excluding steroid dienone is 1. The largest absolute Gasteiger partial charge is 0.489 e. The summed E-state index contributed by atoms with van der Waals surface area (Å²) in [7, 11) is 0. The number of thioether (sulfide) groups is 1. The van der Waals surface area contributed by atoms with Crippen LogP contribution in [0.4, 0.5) is 0 Å². The summed E-state index contributed by atoms with van der Waals surface area (Å²) in [4.78, 5) is 22.4. The van der Waals surface area contributed by atoms with Crippen LogP contribution in [0, 0.1) is 0 Å². The van der Waals surface area contributed by atoms with E-state index in [2.05, 4.69) is 26.1 Å². The standard InChI is InChI=1S/C14H11BrN4O3S/c15-9-3-1-2-8(4-9)13-17-18-14(19(13)16)23-7-10-5-11(20)12(21)6-22-10/h1-5H,6-7,16H2. The van der Waals surface area contributed by atoms with Crippen LogP contribution in [0.2, 0.25) is 0 Å². The summed E-state index contributed by atoms with van der Waals surface area (Å²) >= 11 is 4.67. The van der Waals surface area contributed by atoms with Gasteiger partial charge in [0.05, 0.1) is 5.75 Å². The average molecular weight is 395 g/mol. The minimum Gasteiger partial charge on any atom is -0.489 e. The second-order valence-corrected chi connectivity index (χ2v) is 6.52. The molecule has 0 radical (unpaired) electrons. The number of hydrogen-bond donors (Lipinski definition) is 1. The van der Waals surface area contributed by atoms with Crippen LogP contribution in [0.15, 0.2) is 45.7 Å². The maximum atomic E-state index is 11.3. The van der Waals surface area contributed by atoms with E-state index in [1.165, 1.54) is 22.5 Å². The number of Topliss-reactive ketones (excluding diaryl/α,β-unsaturated/α-hetero) is 1. The Hall–Kier alpha value is -2.13. The molecule has 1 aromatic heterocycles. The van der Waals surface area contributed by atoms with Crippen molar-refractivity contribution < 1.29 is 14.3 Å². The van der Waals surface area contributed by atoms with Gasteiger partial charge in [0, 0.05) is 16.1 Å². The van der Waals surface area contributed by atoms with Crippen molar-refractivity contribution >= 4 is 39.3 Å². The van der Waals surface area contributed by atoms with Gasteiger partial charge in [-0.05, 0) is 12.1 Å². The average Bonchev–Trinajstić information content (AvgIpc) is 2.89. The van der Waals surface area contributed by atoms with E-state index in [9.17, 15) is 9.59 Å². The van der Waals surface area contributed by atoms with Crippen LogP contribution in [-0.4, -0.2) is 38.8 Å². The van der Waals surface area contributed by atoms with E-state index in [4.69, 9.17) is 10.6 Å². The second kappa shape index (κ2) is 6.55. The molecule has 0 amide bonds. The molecular weight excluding hydrogens is 384 g/mol. The molecule has 118 valence electrons. The van der Waals surface area contributed by atoms with Crippen LogP contribution in [0.1, 0.15) is 0 Å². The number of carbonyl (C=O) groups excluding carboxylic acids is 2. The number of hydrogen-bond acceptors (Lipinski definition) is 7. The Morgan fingerprint density at radius 2 is 2.17 bits per heavy atom. The van der Waals surface area contributed by atoms with Crippen LogP contribution < -0.4 is 5.84 Å². The van der Waals surface area contributed by atoms with Crippen molar-refractivity contribution in [3.63, 3.8) is 0 Å². The van der Waals surface area contributed by atoms with Crippen molar-refractivity contribution in [3.8, 4) is 11.4 Å². The van der Waals surface area contributed by atoms with Crippen molar-refractivity contribution in [2.24, 2.45) is 0 Å². The molecule has 0 bridgehead atoms. The molecule has 0 unspecified atom stereocenters. The molecule has 2 heterocycles. The SMILES string of the molecule is Nn1c(SCC2=CC(=O)C(=O)CO2)nnc1-c1cccc(Br)c1. The Morgan fingerprint density at radius 3 is 2.91 bits per heavy atom. The molecule has 0 saturated heterocycles. The first-order valence-corrected chi connectivity index (χ1v) is 8.32. The van der Waals surface area contributed by atoms with Gasteiger partial charge in [-0.1, -0.05) is 39.8 Å². The highest BCUT2D eigenvalue weighted by Gasteiger charge is 2.21. The van der Waals surface area contributed by atoms with Crippen molar-refractivity contribution in [3.05, 3.63) is 40.6 Å². The van der Waals surface area contributed by atoms with Gasteiger partial charge in [-0.3, -0.25) is 9.59 Å². The van der Waals surface area contributed by atoms with Crippen molar-refractivity contribution in [2.75, 3.05) is 18.2 Å². The quantitative estimate of drug-likeness (QED) is 0.477. The number of nitrogen functional groups attached to an aromatic ring is 1. The number of benzene rings is 1. The summed E-state index contributed by atoms with van der Waals surface area (Å²) in [5, 5.41) is 8.60. The molecule has 0 aliphatic carbocycles. The molecule has 0 saturated carbocycles. The molecule has 2 N–H and O–H groups in total. The van der Waals surface area contributed by atoms with Gasteiger partial charge < -0.3 is 10.6 Å². The van der Waals surface area contributed by atoms with Crippen LogP contribution in [0.25, 0.3) is 11.4 Å². The first-order valence-electron chi connectivity index (χ1n) is 6.54. The third kappa shape index (κ3) is 3.45. The monoisotopic (exact) mass is 394 g/mol. The van der Waals surface area contributed by atoms with Crippen molar-refractivity contribution in [2.45, 2.75) is 5.16 Å². The number of ether oxygens (including phenoxy) is 1. The topological polar surface area (TPSA) is 100 Å². The zero-order valence-corrected chi connectivity index (χ0v) is 14.1. The number of ketones is 2. The van der Waals surface area contributed by atoms with E-state index in [0.29, 0.717) is 22.5 Å². The summed E-state index contributed by atoms with van der Waals surface area (Å²) in [6.07, 6.45) is 1.20. The molecule has 23 heavy (non-hydrogen) atoms. The molecule has 0 atom stereocenters. The maximum Gasteiger partial charge on any atom is 0.240 e. The lowest BCUT2D eigenvalue weighted by Crippen LogP contribution is -2.23. The molecule has 0 fully saturated rings. The van der Waals surface area contributed by atoms with E-state index in [1.54, 1.807) is 0 Å². The number of aromatic nitrogens is 3. The van der Waals surface area contributed by atoms with Gasteiger partial charge in [0.25, 0.3) is 0 Å². The Bertz CT molecular complexity index is 818. The van der Waals surface area contributed by atoms with Gasteiger partial charge in [-0.25, -0.2) is 4.68 Å². The Kier molecular flexibility index (Phi) is 4.49. The zero-order chi connectivity index (χ0) is 16.4. The molecule has 9 heteroatoms. The van der Waals surface area contributed by atoms with Gasteiger partial charge in [0.15, 0.2) is 12.4 Å². The summed E-state index contributed by atoms with van der Waals surface area (Å²) in [5.41, 5.74) is 0.829. The Balaban J connectivity index is 1.74. The molecule has 2 aromatic rings. The zero-order valence-electron chi connectivity index (χ0n) is 11.7. The van der Waals surface area contributed by atoms with E-state index >= 15 is 0 Å². The number of nitrogens with zero attached hydrogens (tertiary/aromatic N) is 3. The van der Waals surface area contributed by atoms with Crippen LogP contribution >= 0.6 is 27.7 Å². The van der Waals surface area contributed by atoms with E-state index in [-0.39, 0.29) is 6.61 Å². The minimum atomic E-state index is -0.545. The number of carbonyl (C=O) groups is 2. The van der Waals surface area contributed by atoms with E-state index in [1.807, 2.05) is 24.3 Å². The molecule has 0 spiro atoms. The predicted molar refractivity (Wildman–Crippen MR) is 88.1 cm³/mol. The summed E-state index contributed by atoms with van der Waals surface area (Å²) in [5.74, 6) is 6.22. The van der Waals surface area contributed by atoms with Crippen LogP contribution in [-0.2, 0) is 14.3 Å². The van der Waals surface area contributed by atoms with E-state index in [0.717, 1.165) is 10.0 Å². The normalized spacial score (nSPS) is 14.6. The molecule has 3 rings (SSSR count). The van der Waals surface area contributed by atoms with E-state index < -0.39 is 11.6 Å². The number of rotatable bonds is 4. The summed E-state index contributed by atoms with van der Waals surface area (Å²) < 4.78 is 7.49. The highest BCUT2D eigenvalue weighted by molar-refractivity contribution is 9.10. The smallest absolute Gasteiger partial charge is 0.240 e. The summed E-state index contributed by atoms with van der Waals surface area (Å²) in [6, 6.07) is 7.55. The Labute approximate surface area is 144 Å². The number of nitrogens with two attached hydrogens (primary N) is 1. The fraction of sp³-hybridized carbons (Fsp3) is 0.143. The molecule has 1 aromatic carbocycles. The van der Waals surface area contributed by atoms with Gasteiger partial charge in [-0.2, -0.15) is 0 Å². The summed E-state index contributed by atoms with van der Waals surface area (Å²) in [6.45, 7) is -0.218. The highest BCUT2D eigenvalue weighted by Crippen LogP contribution is 2.25. The third-order valence-corrected chi connectivity index (χ3v) is 4.51. The second-order valence-electron chi connectivity index (χ2n) is 4.66. The fourth-order valence-corrected chi connectivity index (χ4v) is 3.08. The van der Waals surface area contributed by atoms with Gasteiger partial charge in [0.2, 0.25) is 16.7 Å². The fourth-order valence-electron chi connectivity index (χ4n) is 1.92. The molecule has 7 nitrogen and oxygen atoms in total. The number of halogens is 1. The maximum absolute atomic E-state index is 11.3. The van der Waals surface area contributed by atoms with Gasteiger partial charge >= 0.3 is 0 Å². The Morgan fingerprint density at radius 1 is 1.35 bits per heavy atom. The lowest BCUT2D eigenvalue weighted by Gasteiger charge is -2.12. The lowest BCUT2D eigenvalue weighted by atomic mass is 10.2. The minimum absolute atomic E-state index is 0.218. The highest BCUT2D eigenvalue weighted by atomic mass is 79.9. The van der Waals surface area contributed by atoms with Crippen molar-refractivity contribution in [1.29, 1.82) is 0 Å². The third-order valence-electron chi connectivity index (χ3n) is 3.05. The first kappa shape index (κ1) is 15.8. The first-order chi connectivity index (χ1) is 11.0. The lowest BCUT2D eigenvalue weighted by molar-refractivity contribution is -0.137. The van der Waals surface area contributed by atoms with Gasteiger partial charge in [0.1, 0.15) is 5.76 Å². The predicted octanol–water partition coefficient (Wildman–Crippen LogP) is 1.57. The molecule has 1 aliphatic rings. The van der Waals surface area contributed by atoms with Gasteiger partial charge in [-0.15, -0.1) is 10.2 Å². The molecule has 1 aliphatic heterocycles. The molecular formula is C14H11BrN4O3S. The van der Waals surface area contributed by atoms with Crippen molar-refractivity contribution in [1.82, 2.24) is 14.9 Å². The van der Waals surface area contributed by atoms with Crippen LogP contribution in [0.3, 0.4) is 0 Å². The van der Waals surface area contributed by atoms with Crippen LogP contribution in [0.5, 0.6) is 0 Å².